The van der Waals surface area contributed by atoms with E-state index in [1.165, 1.54) is 0 Å². The summed E-state index contributed by atoms with van der Waals surface area (Å²) in [5.41, 5.74) is 7.63. The molecule has 0 saturated carbocycles. The molecule has 6 nitrogen and oxygen atoms in total. The summed E-state index contributed by atoms with van der Waals surface area (Å²) < 4.78 is 5.02. The molecule has 2 atom stereocenters. The predicted molar refractivity (Wildman–Crippen MR) is 95.5 cm³/mol. The maximum atomic E-state index is 12.8. The molecule has 6 heteroatoms. The quantitative estimate of drug-likeness (QED) is 0.632. The highest BCUT2D eigenvalue weighted by molar-refractivity contribution is 6.21. The smallest absolute Gasteiger partial charge is 0.325 e. The SMILES string of the molecule is CCOC(=O)C(N)C(Cc1ccccc1)N1C(=O)c2ccccc2C1=O. The van der Waals surface area contributed by atoms with E-state index in [0.717, 1.165) is 10.5 Å². The van der Waals surface area contributed by atoms with Gasteiger partial charge in [0.25, 0.3) is 11.8 Å². The van der Waals surface area contributed by atoms with Gasteiger partial charge in [0, 0.05) is 0 Å². The molecular formula is C20H20N2O4. The molecule has 2 unspecified atom stereocenters. The summed E-state index contributed by atoms with van der Waals surface area (Å²) in [7, 11) is 0. The average molecular weight is 352 g/mol. The maximum absolute atomic E-state index is 12.8. The highest BCUT2D eigenvalue weighted by Gasteiger charge is 2.43. The van der Waals surface area contributed by atoms with Gasteiger partial charge in [-0.05, 0) is 31.0 Å². The van der Waals surface area contributed by atoms with Gasteiger partial charge >= 0.3 is 5.97 Å². The third kappa shape index (κ3) is 3.23. The van der Waals surface area contributed by atoms with E-state index in [0.29, 0.717) is 11.1 Å². The van der Waals surface area contributed by atoms with Gasteiger partial charge in [0.15, 0.2) is 0 Å². The van der Waals surface area contributed by atoms with E-state index in [1.54, 1.807) is 31.2 Å². The van der Waals surface area contributed by atoms with Gasteiger partial charge in [-0.1, -0.05) is 42.5 Å². The number of nitrogens with two attached hydrogens (primary N) is 1. The Kier molecular flexibility index (Phi) is 5.14. The highest BCUT2D eigenvalue weighted by atomic mass is 16.5. The number of benzene rings is 2. The van der Waals surface area contributed by atoms with Crippen LogP contribution in [0.4, 0.5) is 0 Å². The van der Waals surface area contributed by atoms with Gasteiger partial charge in [-0.15, -0.1) is 0 Å². The fourth-order valence-electron chi connectivity index (χ4n) is 3.14. The number of carbonyl (C=O) groups is 3. The van der Waals surface area contributed by atoms with Crippen molar-refractivity contribution < 1.29 is 19.1 Å². The number of nitrogens with zero attached hydrogens (tertiary/aromatic N) is 1. The zero-order chi connectivity index (χ0) is 18.7. The molecule has 2 N–H and O–H groups in total. The first-order valence-electron chi connectivity index (χ1n) is 8.47. The largest absolute Gasteiger partial charge is 0.465 e. The Morgan fingerprint density at radius 1 is 1.00 bits per heavy atom. The van der Waals surface area contributed by atoms with Gasteiger partial charge in [-0.3, -0.25) is 19.3 Å². The molecule has 0 radical (unpaired) electrons. The van der Waals surface area contributed by atoms with E-state index in [9.17, 15) is 14.4 Å². The van der Waals surface area contributed by atoms with Gasteiger partial charge in [-0.2, -0.15) is 0 Å². The van der Waals surface area contributed by atoms with Gasteiger partial charge in [0.2, 0.25) is 0 Å². The molecule has 2 aromatic carbocycles. The van der Waals surface area contributed by atoms with Crippen molar-refractivity contribution >= 4 is 17.8 Å². The summed E-state index contributed by atoms with van der Waals surface area (Å²) in [5, 5.41) is 0. The number of hydrogen-bond donors (Lipinski definition) is 1. The predicted octanol–water partition coefficient (Wildman–Crippen LogP) is 1.78. The van der Waals surface area contributed by atoms with Gasteiger partial charge < -0.3 is 10.5 Å². The van der Waals surface area contributed by atoms with E-state index >= 15 is 0 Å². The Bertz CT molecular complexity index is 800. The summed E-state index contributed by atoms with van der Waals surface area (Å²) in [4.78, 5) is 39.0. The van der Waals surface area contributed by atoms with Crippen molar-refractivity contribution in [3.63, 3.8) is 0 Å². The lowest BCUT2D eigenvalue weighted by Gasteiger charge is -2.30. The zero-order valence-corrected chi connectivity index (χ0v) is 14.4. The second kappa shape index (κ2) is 7.49. The second-order valence-electron chi connectivity index (χ2n) is 6.06. The first-order chi connectivity index (χ1) is 12.5. The number of hydrogen-bond acceptors (Lipinski definition) is 5. The lowest BCUT2D eigenvalue weighted by atomic mass is 9.98. The van der Waals surface area contributed by atoms with E-state index in [-0.39, 0.29) is 13.0 Å². The highest BCUT2D eigenvalue weighted by Crippen LogP contribution is 2.27. The summed E-state index contributed by atoms with van der Waals surface area (Å²) in [6, 6.07) is 13.9. The van der Waals surface area contributed by atoms with Crippen LogP contribution < -0.4 is 5.73 Å². The Hall–Kier alpha value is -2.99. The minimum atomic E-state index is -1.13. The maximum Gasteiger partial charge on any atom is 0.325 e. The number of amides is 2. The molecule has 2 aromatic rings. The Labute approximate surface area is 151 Å². The summed E-state index contributed by atoms with van der Waals surface area (Å²) >= 11 is 0. The van der Waals surface area contributed by atoms with E-state index < -0.39 is 29.9 Å². The zero-order valence-electron chi connectivity index (χ0n) is 14.4. The molecule has 0 aliphatic carbocycles. The number of fused-ring (bicyclic) bond motifs is 1. The normalized spacial score (nSPS) is 15.5. The molecule has 0 bridgehead atoms. The first-order valence-corrected chi connectivity index (χ1v) is 8.47. The molecule has 1 aliphatic heterocycles. The molecule has 0 fully saturated rings. The van der Waals surface area contributed by atoms with Crippen LogP contribution in [0.5, 0.6) is 0 Å². The molecule has 0 saturated heterocycles. The lowest BCUT2D eigenvalue weighted by Crippen LogP contribution is -2.55. The first kappa shape index (κ1) is 17.8. The third-order valence-electron chi connectivity index (χ3n) is 4.42. The molecule has 3 rings (SSSR count). The average Bonchev–Trinajstić information content (AvgIpc) is 2.91. The van der Waals surface area contributed by atoms with Gasteiger partial charge in [0.05, 0.1) is 23.8 Å². The van der Waals surface area contributed by atoms with Crippen molar-refractivity contribution in [1.82, 2.24) is 4.90 Å². The fraction of sp³-hybridized carbons (Fsp3) is 0.250. The standard InChI is InChI=1S/C20H20N2O4/c1-2-26-20(25)17(21)16(12-13-8-4-3-5-9-13)22-18(23)14-10-6-7-11-15(14)19(22)24/h3-11,16-17H,2,12,21H2,1H3. The van der Waals surface area contributed by atoms with Crippen molar-refractivity contribution in [1.29, 1.82) is 0 Å². The molecule has 26 heavy (non-hydrogen) atoms. The van der Waals surface area contributed by atoms with Crippen LogP contribution in [0.3, 0.4) is 0 Å². The lowest BCUT2D eigenvalue weighted by molar-refractivity contribution is -0.145. The van der Waals surface area contributed by atoms with Crippen LogP contribution in [0.15, 0.2) is 54.6 Å². The Balaban J connectivity index is 1.97. The molecule has 2 amide bonds. The van der Waals surface area contributed by atoms with Crippen LogP contribution in [0.2, 0.25) is 0 Å². The monoisotopic (exact) mass is 352 g/mol. The van der Waals surface area contributed by atoms with Crippen molar-refractivity contribution in [3.05, 3.63) is 71.3 Å². The topological polar surface area (TPSA) is 89.7 Å². The van der Waals surface area contributed by atoms with Crippen LogP contribution in [-0.4, -0.2) is 41.4 Å². The second-order valence-corrected chi connectivity index (χ2v) is 6.06. The third-order valence-corrected chi connectivity index (χ3v) is 4.42. The minimum Gasteiger partial charge on any atom is -0.465 e. The van der Waals surface area contributed by atoms with Gasteiger partial charge in [0.1, 0.15) is 6.04 Å². The van der Waals surface area contributed by atoms with E-state index in [2.05, 4.69) is 0 Å². The molecule has 134 valence electrons. The summed E-state index contributed by atoms with van der Waals surface area (Å²) in [6.45, 7) is 1.85. The van der Waals surface area contributed by atoms with Crippen LogP contribution in [0.25, 0.3) is 0 Å². The molecule has 0 spiro atoms. The minimum absolute atomic E-state index is 0.173. The van der Waals surface area contributed by atoms with Crippen molar-refractivity contribution in [3.8, 4) is 0 Å². The summed E-state index contributed by atoms with van der Waals surface area (Å²) in [6.07, 6.45) is 0.270. The van der Waals surface area contributed by atoms with Crippen molar-refractivity contribution in [2.24, 2.45) is 5.73 Å². The van der Waals surface area contributed by atoms with E-state index in [4.69, 9.17) is 10.5 Å². The number of esters is 1. The van der Waals surface area contributed by atoms with Crippen LogP contribution >= 0.6 is 0 Å². The van der Waals surface area contributed by atoms with E-state index in [1.807, 2.05) is 30.3 Å². The van der Waals surface area contributed by atoms with Crippen LogP contribution in [0, 0.1) is 0 Å². The fourth-order valence-corrected chi connectivity index (χ4v) is 3.14. The summed E-state index contributed by atoms with van der Waals surface area (Å²) in [5.74, 6) is -1.51. The number of ether oxygens (including phenoxy) is 1. The molecular weight excluding hydrogens is 332 g/mol. The molecule has 1 heterocycles. The van der Waals surface area contributed by atoms with Crippen molar-refractivity contribution in [2.45, 2.75) is 25.4 Å². The molecule has 1 aliphatic rings. The Morgan fingerprint density at radius 2 is 1.54 bits per heavy atom. The van der Waals surface area contributed by atoms with Gasteiger partial charge in [-0.25, -0.2) is 0 Å². The Morgan fingerprint density at radius 3 is 2.08 bits per heavy atom. The molecule has 0 aromatic heterocycles. The van der Waals surface area contributed by atoms with Crippen LogP contribution in [-0.2, 0) is 16.0 Å². The number of imide groups is 1. The van der Waals surface area contributed by atoms with Crippen LogP contribution in [0.1, 0.15) is 33.2 Å². The number of rotatable bonds is 6. The van der Waals surface area contributed by atoms with Crippen molar-refractivity contribution in [2.75, 3.05) is 6.61 Å². The number of carbonyl (C=O) groups excluding carboxylic acids is 3.